The van der Waals surface area contributed by atoms with E-state index in [0.29, 0.717) is 0 Å². The van der Waals surface area contributed by atoms with Crippen LogP contribution in [0.3, 0.4) is 0 Å². The molecule has 0 amide bonds. The van der Waals surface area contributed by atoms with Gasteiger partial charge in [-0.1, -0.05) is 13.8 Å². The Kier molecular flexibility index (Phi) is 20.5. The number of nitrogens with zero attached hydrogens (tertiary/aromatic N) is 1. The Morgan fingerprint density at radius 2 is 0.933 bits per heavy atom. The molecule has 0 rings (SSSR count). The van der Waals surface area contributed by atoms with Gasteiger partial charge in [-0.15, -0.1) is 0 Å². The molecule has 0 aromatic carbocycles. The van der Waals surface area contributed by atoms with Crippen LogP contribution in [0.5, 0.6) is 0 Å². The Bertz CT molecular complexity index is 365. The average molecular weight is 485 g/mol. The highest BCUT2D eigenvalue weighted by molar-refractivity contribution is 7.39. The molecule has 0 aliphatic heterocycles. The van der Waals surface area contributed by atoms with Crippen LogP contribution in [0.15, 0.2) is 0 Å². The predicted octanol–water partition coefficient (Wildman–Crippen LogP) is -2.65. The van der Waals surface area contributed by atoms with Crippen LogP contribution in [-0.2, 0) is 9.05 Å². The standard InChI is InChI=1S/C13H31NO12P2.C2H6/c1-14(6-10(17)12(19)8(15)2-4-25-27(21)22)7-11(18)13(20)9(16)3-5-26-28(23)24;1-2/h8-13,15-24H,2-7H2,1H3;1-2H3. The first-order valence-electron chi connectivity index (χ1n) is 9.34. The second kappa shape index (κ2) is 18.9. The van der Waals surface area contributed by atoms with E-state index in [0.717, 1.165) is 0 Å². The maximum absolute atomic E-state index is 9.95. The van der Waals surface area contributed by atoms with E-state index in [1.807, 2.05) is 13.8 Å². The number of aliphatic hydroxyl groups excluding tert-OH is 6. The van der Waals surface area contributed by atoms with Crippen molar-refractivity contribution in [3.8, 4) is 0 Å². The van der Waals surface area contributed by atoms with Crippen molar-refractivity contribution >= 4 is 17.2 Å². The summed E-state index contributed by atoms with van der Waals surface area (Å²) in [6.07, 6.45) is -9.04. The maximum Gasteiger partial charge on any atom is 0.327 e. The minimum absolute atomic E-state index is 0.151. The minimum Gasteiger partial charge on any atom is -0.390 e. The van der Waals surface area contributed by atoms with Crippen LogP contribution in [0.2, 0.25) is 0 Å². The lowest BCUT2D eigenvalue weighted by Crippen LogP contribution is -2.48. The van der Waals surface area contributed by atoms with Gasteiger partial charge in [0.25, 0.3) is 0 Å². The first kappa shape index (κ1) is 32.5. The molecule has 0 aliphatic rings. The van der Waals surface area contributed by atoms with E-state index in [1.165, 1.54) is 11.9 Å². The van der Waals surface area contributed by atoms with Crippen LogP contribution in [-0.4, -0.2) is 125 Å². The summed E-state index contributed by atoms with van der Waals surface area (Å²) in [5.41, 5.74) is 0. The van der Waals surface area contributed by atoms with E-state index in [1.54, 1.807) is 0 Å². The molecule has 0 heterocycles. The summed E-state index contributed by atoms with van der Waals surface area (Å²) in [6, 6.07) is 0. The van der Waals surface area contributed by atoms with Crippen molar-refractivity contribution in [3.05, 3.63) is 0 Å². The van der Waals surface area contributed by atoms with Crippen molar-refractivity contribution in [3.63, 3.8) is 0 Å². The van der Waals surface area contributed by atoms with Crippen molar-refractivity contribution in [2.45, 2.75) is 63.3 Å². The summed E-state index contributed by atoms with van der Waals surface area (Å²) in [6.45, 7) is 3.16. The number of likely N-dealkylation sites (N-methyl/N-ethyl adjacent to an activating group) is 1. The predicted molar refractivity (Wildman–Crippen MR) is 109 cm³/mol. The molecular formula is C15H37NO12P2. The van der Waals surface area contributed by atoms with Crippen LogP contribution in [0.4, 0.5) is 0 Å². The number of rotatable bonds is 16. The number of hydrogen-bond acceptors (Lipinski definition) is 13. The fourth-order valence-corrected chi connectivity index (χ4v) is 2.83. The molecule has 0 fully saturated rings. The van der Waals surface area contributed by atoms with Gasteiger partial charge in [0, 0.05) is 13.1 Å². The van der Waals surface area contributed by atoms with Crippen molar-refractivity contribution < 1.29 is 59.3 Å². The Balaban J connectivity index is 0. The Morgan fingerprint density at radius 3 is 1.20 bits per heavy atom. The highest BCUT2D eigenvalue weighted by Gasteiger charge is 2.29. The molecule has 0 saturated heterocycles. The van der Waals surface area contributed by atoms with Gasteiger partial charge in [0.2, 0.25) is 0 Å². The normalized spacial score (nSPS) is 18.0. The van der Waals surface area contributed by atoms with E-state index in [9.17, 15) is 30.6 Å². The molecule has 13 nitrogen and oxygen atoms in total. The summed E-state index contributed by atoms with van der Waals surface area (Å²) < 4.78 is 8.92. The van der Waals surface area contributed by atoms with Gasteiger partial charge in [0.05, 0.1) is 37.6 Å². The zero-order chi connectivity index (χ0) is 23.9. The average Bonchev–Trinajstić information content (AvgIpc) is 2.67. The van der Waals surface area contributed by atoms with Crippen molar-refractivity contribution in [1.82, 2.24) is 4.90 Å². The van der Waals surface area contributed by atoms with Crippen LogP contribution >= 0.6 is 17.2 Å². The maximum atomic E-state index is 9.95. The molecular weight excluding hydrogens is 448 g/mol. The van der Waals surface area contributed by atoms with Crippen LogP contribution < -0.4 is 0 Å². The van der Waals surface area contributed by atoms with Crippen LogP contribution in [0.1, 0.15) is 26.7 Å². The van der Waals surface area contributed by atoms with E-state index >= 15 is 0 Å². The van der Waals surface area contributed by atoms with Crippen molar-refractivity contribution in [2.75, 3.05) is 33.4 Å². The smallest absolute Gasteiger partial charge is 0.327 e. The lowest BCUT2D eigenvalue weighted by molar-refractivity contribution is -0.0886. The first-order valence-corrected chi connectivity index (χ1v) is 11.7. The molecule has 0 aromatic heterocycles. The molecule has 0 radical (unpaired) electrons. The van der Waals surface area contributed by atoms with Gasteiger partial charge >= 0.3 is 17.2 Å². The summed E-state index contributed by atoms with van der Waals surface area (Å²) in [5.74, 6) is 0. The molecule has 184 valence electrons. The van der Waals surface area contributed by atoms with Gasteiger partial charge in [0.1, 0.15) is 12.2 Å². The zero-order valence-corrected chi connectivity index (χ0v) is 19.1. The molecule has 30 heavy (non-hydrogen) atoms. The highest BCUT2D eigenvalue weighted by Crippen LogP contribution is 2.25. The fourth-order valence-electron chi connectivity index (χ4n) is 2.29. The van der Waals surface area contributed by atoms with Gasteiger partial charge in [-0.3, -0.25) is 0 Å². The lowest BCUT2D eigenvalue weighted by Gasteiger charge is -2.30. The topological polar surface area (TPSA) is 224 Å². The van der Waals surface area contributed by atoms with E-state index in [-0.39, 0.29) is 39.1 Å². The number of aliphatic hydroxyl groups is 6. The highest BCUT2D eigenvalue weighted by atomic mass is 31.2. The summed E-state index contributed by atoms with van der Waals surface area (Å²) in [5, 5.41) is 59.1. The van der Waals surface area contributed by atoms with Gasteiger partial charge in [-0.2, -0.15) is 0 Å². The van der Waals surface area contributed by atoms with E-state index in [4.69, 9.17) is 19.6 Å². The lowest BCUT2D eigenvalue weighted by atomic mass is 10.0. The van der Waals surface area contributed by atoms with Gasteiger partial charge in [-0.25, -0.2) is 0 Å². The van der Waals surface area contributed by atoms with Gasteiger partial charge in [0.15, 0.2) is 0 Å². The number of hydrogen-bond donors (Lipinski definition) is 10. The van der Waals surface area contributed by atoms with Gasteiger partial charge in [-0.05, 0) is 19.9 Å². The van der Waals surface area contributed by atoms with Crippen LogP contribution in [0.25, 0.3) is 0 Å². The second-order valence-electron chi connectivity index (χ2n) is 6.22. The molecule has 10 N–H and O–H groups in total. The largest absolute Gasteiger partial charge is 0.390 e. The molecule has 15 heteroatoms. The van der Waals surface area contributed by atoms with Gasteiger partial charge < -0.3 is 64.2 Å². The zero-order valence-electron chi connectivity index (χ0n) is 17.3. The second-order valence-corrected chi connectivity index (χ2v) is 7.75. The Labute approximate surface area is 178 Å². The molecule has 6 atom stereocenters. The third-order valence-electron chi connectivity index (χ3n) is 3.82. The monoisotopic (exact) mass is 485 g/mol. The van der Waals surface area contributed by atoms with E-state index < -0.39 is 53.8 Å². The molecule has 0 spiro atoms. The summed E-state index contributed by atoms with van der Waals surface area (Å²) >= 11 is 0. The molecule has 0 bridgehead atoms. The Hall–Kier alpha value is 0.340. The summed E-state index contributed by atoms with van der Waals surface area (Å²) in [7, 11) is -3.69. The quantitative estimate of drug-likeness (QED) is 0.101. The fraction of sp³-hybridized carbons (Fsp3) is 1.00. The molecule has 0 aliphatic carbocycles. The van der Waals surface area contributed by atoms with Crippen LogP contribution in [0, 0.1) is 0 Å². The first-order chi connectivity index (χ1) is 14.0. The summed E-state index contributed by atoms with van der Waals surface area (Å²) in [4.78, 5) is 35.7. The van der Waals surface area contributed by atoms with E-state index in [2.05, 4.69) is 9.05 Å². The Morgan fingerprint density at radius 1 is 0.633 bits per heavy atom. The third-order valence-corrected chi connectivity index (χ3v) is 4.64. The molecule has 0 saturated carbocycles. The minimum atomic E-state index is -2.58. The van der Waals surface area contributed by atoms with Crippen molar-refractivity contribution in [1.29, 1.82) is 0 Å². The van der Waals surface area contributed by atoms with Crippen molar-refractivity contribution in [2.24, 2.45) is 0 Å². The SMILES string of the molecule is CC.CN(CC(O)C(O)C(O)CCOP(O)O)CC(O)C(O)C(O)CCOP(O)O. The molecule has 0 aromatic rings. The molecule has 6 unspecified atom stereocenters. The third kappa shape index (κ3) is 16.0.